The number of aromatic nitrogens is 5. The van der Waals surface area contributed by atoms with Crippen molar-refractivity contribution in [1.29, 1.82) is 0 Å². The number of rotatable bonds is 4. The van der Waals surface area contributed by atoms with E-state index in [9.17, 15) is 0 Å². The third-order valence-corrected chi connectivity index (χ3v) is 4.62. The van der Waals surface area contributed by atoms with E-state index in [0.29, 0.717) is 5.95 Å². The summed E-state index contributed by atoms with van der Waals surface area (Å²) in [7, 11) is 0. The van der Waals surface area contributed by atoms with Crippen LogP contribution in [0.15, 0.2) is 24.5 Å². The number of nitrogens with zero attached hydrogens (tertiary/aromatic N) is 6. The van der Waals surface area contributed by atoms with Gasteiger partial charge in [0.1, 0.15) is 5.82 Å². The first kappa shape index (κ1) is 15.8. The van der Waals surface area contributed by atoms with E-state index in [1.54, 1.807) is 12.4 Å². The highest BCUT2D eigenvalue weighted by Gasteiger charge is 2.22. The molecule has 3 aromatic rings. The monoisotopic (exact) mass is 338 g/mol. The maximum absolute atomic E-state index is 5.62. The van der Waals surface area contributed by atoms with E-state index in [2.05, 4.69) is 36.8 Å². The third kappa shape index (κ3) is 2.78. The molecular weight excluding hydrogens is 316 g/mol. The molecule has 1 aliphatic heterocycles. The molecule has 0 aromatic carbocycles. The molecule has 0 spiro atoms. The van der Waals surface area contributed by atoms with E-state index in [1.165, 1.54) is 19.3 Å². The fraction of sp³-hybridized carbons (Fsp3) is 0.412. The van der Waals surface area contributed by atoms with Crippen LogP contribution in [-0.2, 0) is 6.54 Å². The van der Waals surface area contributed by atoms with Crippen molar-refractivity contribution >= 4 is 22.9 Å². The van der Waals surface area contributed by atoms with Gasteiger partial charge in [-0.2, -0.15) is 9.97 Å². The van der Waals surface area contributed by atoms with Gasteiger partial charge in [0, 0.05) is 37.6 Å². The summed E-state index contributed by atoms with van der Waals surface area (Å²) in [4.78, 5) is 20.5. The van der Waals surface area contributed by atoms with Gasteiger partial charge >= 0.3 is 0 Å². The number of imidazole rings is 1. The first-order valence-corrected chi connectivity index (χ1v) is 8.72. The predicted octanol–water partition coefficient (Wildman–Crippen LogP) is 2.18. The van der Waals surface area contributed by atoms with Crippen LogP contribution in [-0.4, -0.2) is 37.6 Å². The SMILES string of the molecule is CCn1c(-c2ccncc2)nc2c(N3CCCCC3)nc(NN)nc21. The molecule has 3 aromatic heterocycles. The number of hydrazine groups is 1. The Kier molecular flexibility index (Phi) is 4.19. The van der Waals surface area contributed by atoms with Gasteiger partial charge in [0.15, 0.2) is 17.0 Å². The van der Waals surface area contributed by atoms with Gasteiger partial charge < -0.3 is 9.47 Å². The van der Waals surface area contributed by atoms with Gasteiger partial charge in [0.05, 0.1) is 0 Å². The normalized spacial score (nSPS) is 14.9. The molecule has 4 rings (SSSR count). The second kappa shape index (κ2) is 6.64. The predicted molar refractivity (Wildman–Crippen MR) is 98.1 cm³/mol. The van der Waals surface area contributed by atoms with E-state index >= 15 is 0 Å². The Morgan fingerprint density at radius 1 is 1.08 bits per heavy atom. The van der Waals surface area contributed by atoms with Crippen LogP contribution in [0.5, 0.6) is 0 Å². The fourth-order valence-electron chi connectivity index (χ4n) is 3.40. The maximum atomic E-state index is 5.62. The van der Waals surface area contributed by atoms with Crippen LogP contribution < -0.4 is 16.2 Å². The number of nitrogens with one attached hydrogen (secondary N) is 1. The van der Waals surface area contributed by atoms with Crippen molar-refractivity contribution in [2.24, 2.45) is 5.84 Å². The van der Waals surface area contributed by atoms with Gasteiger partial charge in [-0.05, 0) is 38.3 Å². The minimum absolute atomic E-state index is 0.420. The summed E-state index contributed by atoms with van der Waals surface area (Å²) in [6.07, 6.45) is 7.15. The maximum Gasteiger partial charge on any atom is 0.241 e. The van der Waals surface area contributed by atoms with Gasteiger partial charge in [0.2, 0.25) is 5.95 Å². The van der Waals surface area contributed by atoms with Crippen LogP contribution in [0.3, 0.4) is 0 Å². The van der Waals surface area contributed by atoms with Gasteiger partial charge in [-0.3, -0.25) is 10.4 Å². The topological polar surface area (TPSA) is 97.8 Å². The Labute approximate surface area is 146 Å². The number of nitrogens with two attached hydrogens (primary N) is 1. The number of pyridine rings is 1. The molecule has 3 N–H and O–H groups in total. The van der Waals surface area contributed by atoms with Gasteiger partial charge in [-0.1, -0.05) is 0 Å². The zero-order valence-electron chi connectivity index (χ0n) is 14.3. The number of nitrogen functional groups attached to an aromatic ring is 1. The minimum atomic E-state index is 0.420. The summed E-state index contributed by atoms with van der Waals surface area (Å²) in [6.45, 7) is 4.82. The van der Waals surface area contributed by atoms with Crippen LogP contribution in [0.25, 0.3) is 22.6 Å². The largest absolute Gasteiger partial charge is 0.355 e. The molecule has 0 radical (unpaired) electrons. The molecule has 0 bridgehead atoms. The highest BCUT2D eigenvalue weighted by molar-refractivity contribution is 5.88. The molecule has 1 fully saturated rings. The van der Waals surface area contributed by atoms with E-state index in [4.69, 9.17) is 10.8 Å². The molecule has 25 heavy (non-hydrogen) atoms. The van der Waals surface area contributed by atoms with Crippen LogP contribution in [0, 0.1) is 0 Å². The Bertz CT molecular complexity index is 867. The second-order valence-corrected chi connectivity index (χ2v) is 6.15. The third-order valence-electron chi connectivity index (χ3n) is 4.62. The number of hydrogen-bond donors (Lipinski definition) is 2. The van der Waals surface area contributed by atoms with Crippen molar-refractivity contribution in [1.82, 2.24) is 24.5 Å². The molecule has 0 atom stereocenters. The molecule has 0 amide bonds. The molecular formula is C17H22N8. The smallest absolute Gasteiger partial charge is 0.241 e. The Morgan fingerprint density at radius 3 is 2.52 bits per heavy atom. The molecule has 0 unspecified atom stereocenters. The van der Waals surface area contributed by atoms with Crippen LogP contribution in [0.1, 0.15) is 26.2 Å². The standard InChI is InChI=1S/C17H22N8/c1-2-25-14(12-6-8-19-9-7-12)20-13-15(24-10-4-3-5-11-24)21-17(23-18)22-16(13)25/h6-9H,2-5,10-11,18H2,1H3,(H,21,22,23). The summed E-state index contributed by atoms with van der Waals surface area (Å²) >= 11 is 0. The summed E-state index contributed by atoms with van der Waals surface area (Å²) in [5.41, 5.74) is 5.25. The zero-order valence-corrected chi connectivity index (χ0v) is 14.3. The molecule has 0 saturated carbocycles. The van der Waals surface area contributed by atoms with Crippen molar-refractivity contribution in [3.05, 3.63) is 24.5 Å². The summed E-state index contributed by atoms with van der Waals surface area (Å²) in [5, 5.41) is 0. The van der Waals surface area contributed by atoms with Gasteiger partial charge in [0.25, 0.3) is 0 Å². The summed E-state index contributed by atoms with van der Waals surface area (Å²) in [6, 6.07) is 3.92. The Morgan fingerprint density at radius 2 is 1.84 bits per heavy atom. The first-order valence-electron chi connectivity index (χ1n) is 8.72. The fourth-order valence-corrected chi connectivity index (χ4v) is 3.40. The lowest BCUT2D eigenvalue weighted by Gasteiger charge is -2.27. The molecule has 0 aliphatic carbocycles. The van der Waals surface area contributed by atoms with Crippen LogP contribution in [0.2, 0.25) is 0 Å². The van der Waals surface area contributed by atoms with Gasteiger partial charge in [-0.25, -0.2) is 10.8 Å². The molecule has 1 saturated heterocycles. The molecule has 8 heteroatoms. The number of piperidine rings is 1. The van der Waals surface area contributed by atoms with Gasteiger partial charge in [-0.15, -0.1) is 0 Å². The minimum Gasteiger partial charge on any atom is -0.355 e. The number of anilines is 2. The van der Waals surface area contributed by atoms with Crippen molar-refractivity contribution in [2.75, 3.05) is 23.4 Å². The number of aryl methyl sites for hydroxylation is 1. The molecule has 1 aliphatic rings. The average molecular weight is 338 g/mol. The number of hydrogen-bond acceptors (Lipinski definition) is 7. The van der Waals surface area contributed by atoms with Crippen molar-refractivity contribution in [3.8, 4) is 11.4 Å². The first-order chi connectivity index (χ1) is 12.3. The summed E-state index contributed by atoms with van der Waals surface area (Å²) < 4.78 is 2.10. The van der Waals surface area contributed by atoms with E-state index in [-0.39, 0.29) is 0 Å². The Balaban J connectivity index is 1.94. The lowest BCUT2D eigenvalue weighted by molar-refractivity contribution is 0.574. The van der Waals surface area contributed by atoms with E-state index in [0.717, 1.165) is 48.0 Å². The van der Waals surface area contributed by atoms with Crippen LogP contribution in [0.4, 0.5) is 11.8 Å². The van der Waals surface area contributed by atoms with Crippen molar-refractivity contribution in [2.45, 2.75) is 32.7 Å². The zero-order chi connectivity index (χ0) is 17.2. The van der Waals surface area contributed by atoms with E-state index < -0.39 is 0 Å². The van der Waals surface area contributed by atoms with E-state index in [1.807, 2.05) is 12.1 Å². The molecule has 130 valence electrons. The van der Waals surface area contributed by atoms with Crippen molar-refractivity contribution in [3.63, 3.8) is 0 Å². The number of fused-ring (bicyclic) bond motifs is 1. The molecule has 8 nitrogen and oxygen atoms in total. The molecule has 4 heterocycles. The quantitative estimate of drug-likeness (QED) is 0.556. The highest BCUT2D eigenvalue weighted by atomic mass is 15.3. The highest BCUT2D eigenvalue weighted by Crippen LogP contribution is 2.31. The van der Waals surface area contributed by atoms with Crippen LogP contribution >= 0.6 is 0 Å². The lowest BCUT2D eigenvalue weighted by Crippen LogP contribution is -2.31. The van der Waals surface area contributed by atoms with Crippen molar-refractivity contribution < 1.29 is 0 Å². The second-order valence-electron chi connectivity index (χ2n) is 6.15. The Hall–Kier alpha value is -2.74. The average Bonchev–Trinajstić information content (AvgIpc) is 3.07. The lowest BCUT2D eigenvalue weighted by atomic mass is 10.1. The summed E-state index contributed by atoms with van der Waals surface area (Å²) in [5.74, 6) is 7.78.